The molecule has 1 aliphatic rings. The second kappa shape index (κ2) is 4.35. The summed E-state index contributed by atoms with van der Waals surface area (Å²) in [6.45, 7) is 2.17. The monoisotopic (exact) mass is 219 g/mol. The molecule has 0 unspecified atom stereocenters. The van der Waals surface area contributed by atoms with Gasteiger partial charge in [0.25, 0.3) is 0 Å². The highest BCUT2D eigenvalue weighted by atomic mass is 16.5. The Labute approximate surface area is 93.6 Å². The van der Waals surface area contributed by atoms with E-state index in [1.165, 1.54) is 4.68 Å². The molecule has 0 atom stereocenters. The molecule has 1 aromatic rings. The van der Waals surface area contributed by atoms with Crippen LogP contribution in [-0.4, -0.2) is 22.4 Å². The van der Waals surface area contributed by atoms with Crippen LogP contribution in [0.25, 0.3) is 0 Å². The first kappa shape index (κ1) is 10.7. The molecule has 16 heavy (non-hydrogen) atoms. The molecule has 0 aromatic carbocycles. The van der Waals surface area contributed by atoms with Gasteiger partial charge in [-0.3, -0.25) is 0 Å². The van der Waals surface area contributed by atoms with E-state index in [4.69, 9.17) is 10.00 Å². The molecule has 0 radical (unpaired) electrons. The lowest BCUT2D eigenvalue weighted by molar-refractivity contribution is 0.0513. The summed E-state index contributed by atoms with van der Waals surface area (Å²) < 4.78 is 6.34. The first-order chi connectivity index (χ1) is 7.76. The lowest BCUT2D eigenvalue weighted by atomic mass is 10.3. The molecule has 0 bridgehead atoms. The van der Waals surface area contributed by atoms with Crippen LogP contribution in [-0.2, 0) is 11.3 Å². The molecular weight excluding hydrogens is 206 g/mol. The summed E-state index contributed by atoms with van der Waals surface area (Å²) in [5.41, 5.74) is 1.28. The van der Waals surface area contributed by atoms with E-state index in [0.29, 0.717) is 18.2 Å². The minimum absolute atomic E-state index is 0.0842. The van der Waals surface area contributed by atoms with Gasteiger partial charge in [-0.2, -0.15) is 10.4 Å². The van der Waals surface area contributed by atoms with E-state index in [1.54, 1.807) is 13.0 Å². The number of nitrogens with zero attached hydrogens (tertiary/aromatic N) is 3. The van der Waals surface area contributed by atoms with Gasteiger partial charge in [0.05, 0.1) is 18.4 Å². The minimum atomic E-state index is -0.405. The molecule has 1 heterocycles. The van der Waals surface area contributed by atoms with Crippen molar-refractivity contribution < 1.29 is 9.53 Å². The van der Waals surface area contributed by atoms with Gasteiger partial charge < -0.3 is 4.74 Å². The molecule has 5 heteroatoms. The predicted molar refractivity (Wildman–Crippen MR) is 55.8 cm³/mol. The van der Waals surface area contributed by atoms with Crippen molar-refractivity contribution in [2.75, 3.05) is 6.61 Å². The normalized spacial score (nSPS) is 14.5. The Balaban J connectivity index is 2.26. The fourth-order valence-electron chi connectivity index (χ4n) is 1.57. The summed E-state index contributed by atoms with van der Waals surface area (Å²) in [7, 11) is 0. The molecule has 1 aromatic heterocycles. The molecule has 1 saturated carbocycles. The van der Waals surface area contributed by atoms with Gasteiger partial charge in [0.1, 0.15) is 12.2 Å². The summed E-state index contributed by atoms with van der Waals surface area (Å²) in [5, 5.41) is 12.9. The lowest BCUT2D eigenvalue weighted by Gasteiger charge is -2.01. The molecule has 0 saturated heterocycles. The zero-order valence-electron chi connectivity index (χ0n) is 9.14. The Hall–Kier alpha value is -1.83. The molecule has 0 amide bonds. The van der Waals surface area contributed by atoms with Crippen molar-refractivity contribution in [2.24, 2.45) is 0 Å². The van der Waals surface area contributed by atoms with E-state index < -0.39 is 5.97 Å². The van der Waals surface area contributed by atoms with Crippen molar-refractivity contribution in [1.82, 2.24) is 9.78 Å². The zero-order valence-corrected chi connectivity index (χ0v) is 9.14. The molecule has 0 N–H and O–H groups in total. The Kier molecular flexibility index (Phi) is 2.91. The second-order valence-corrected chi connectivity index (χ2v) is 3.76. The molecule has 84 valence electrons. The highest BCUT2D eigenvalue weighted by Crippen LogP contribution is 2.39. The fourth-order valence-corrected chi connectivity index (χ4v) is 1.57. The number of hydrogen-bond donors (Lipinski definition) is 0. The number of hydrogen-bond acceptors (Lipinski definition) is 4. The minimum Gasteiger partial charge on any atom is -0.461 e. The Morgan fingerprint density at radius 3 is 3.06 bits per heavy atom. The van der Waals surface area contributed by atoms with Crippen LogP contribution < -0.4 is 0 Å². The van der Waals surface area contributed by atoms with Gasteiger partial charge >= 0.3 is 5.97 Å². The molecule has 0 spiro atoms. The number of carbonyl (C=O) groups is 1. The van der Waals surface area contributed by atoms with Gasteiger partial charge in [-0.15, -0.1) is 0 Å². The van der Waals surface area contributed by atoms with E-state index in [0.717, 1.165) is 18.5 Å². The number of aromatic nitrogens is 2. The first-order valence-electron chi connectivity index (χ1n) is 5.38. The van der Waals surface area contributed by atoms with E-state index in [1.807, 2.05) is 6.07 Å². The van der Waals surface area contributed by atoms with E-state index in [2.05, 4.69) is 5.10 Å². The van der Waals surface area contributed by atoms with Gasteiger partial charge in [0.2, 0.25) is 0 Å². The smallest absolute Gasteiger partial charge is 0.356 e. The Morgan fingerprint density at radius 1 is 1.75 bits per heavy atom. The van der Waals surface area contributed by atoms with Crippen molar-refractivity contribution >= 4 is 5.97 Å². The summed E-state index contributed by atoms with van der Waals surface area (Å²) >= 11 is 0. The first-order valence-corrected chi connectivity index (χ1v) is 5.38. The highest BCUT2D eigenvalue weighted by molar-refractivity contribution is 5.87. The van der Waals surface area contributed by atoms with Crippen LogP contribution in [0, 0.1) is 11.3 Å². The van der Waals surface area contributed by atoms with Crippen molar-refractivity contribution in [2.45, 2.75) is 32.2 Å². The molecule has 1 aliphatic carbocycles. The third-order valence-electron chi connectivity index (χ3n) is 2.50. The number of ether oxygens (including phenoxy) is 1. The van der Waals surface area contributed by atoms with Crippen molar-refractivity contribution in [3.05, 3.63) is 17.5 Å². The molecule has 2 rings (SSSR count). The van der Waals surface area contributed by atoms with Crippen molar-refractivity contribution in [3.8, 4) is 6.07 Å². The van der Waals surface area contributed by atoms with Gasteiger partial charge in [0.15, 0.2) is 0 Å². The number of rotatable bonds is 4. The second-order valence-electron chi connectivity index (χ2n) is 3.76. The lowest BCUT2D eigenvalue weighted by Crippen LogP contribution is -2.12. The maximum atomic E-state index is 11.6. The van der Waals surface area contributed by atoms with Gasteiger partial charge in [-0.25, -0.2) is 9.48 Å². The Morgan fingerprint density at radius 2 is 2.50 bits per heavy atom. The number of nitriles is 1. The summed E-state index contributed by atoms with van der Waals surface area (Å²) in [4.78, 5) is 11.6. The quantitative estimate of drug-likeness (QED) is 0.719. The maximum Gasteiger partial charge on any atom is 0.356 e. The van der Waals surface area contributed by atoms with Gasteiger partial charge in [-0.05, 0) is 25.8 Å². The van der Waals surface area contributed by atoms with E-state index >= 15 is 0 Å². The molecule has 0 aliphatic heterocycles. The topological polar surface area (TPSA) is 67.9 Å². The third kappa shape index (κ3) is 2.06. The Bertz CT molecular complexity index is 441. The number of carbonyl (C=O) groups excluding carboxylic acids is 1. The summed E-state index contributed by atoms with van der Waals surface area (Å²) in [6, 6.07) is 3.73. The van der Waals surface area contributed by atoms with Crippen molar-refractivity contribution in [1.29, 1.82) is 5.26 Å². The highest BCUT2D eigenvalue weighted by Gasteiger charge is 2.28. The standard InChI is InChI=1S/C11H13N3O2/c1-2-16-11(15)10-7-9(8-3-4-8)13-14(10)6-5-12/h7-8H,2-4,6H2,1H3. The summed E-state index contributed by atoms with van der Waals surface area (Å²) in [5.74, 6) is 0.0604. The molecule has 1 fully saturated rings. The predicted octanol–water partition coefficient (Wildman–Crippen LogP) is 1.46. The van der Waals surface area contributed by atoms with Gasteiger partial charge in [-0.1, -0.05) is 0 Å². The van der Waals surface area contributed by atoms with Crippen LogP contribution in [0.15, 0.2) is 6.07 Å². The van der Waals surface area contributed by atoms with Crippen molar-refractivity contribution in [3.63, 3.8) is 0 Å². The van der Waals surface area contributed by atoms with Crippen LogP contribution in [0.3, 0.4) is 0 Å². The van der Waals surface area contributed by atoms with Crippen LogP contribution >= 0.6 is 0 Å². The van der Waals surface area contributed by atoms with Crippen LogP contribution in [0.5, 0.6) is 0 Å². The average Bonchev–Trinajstić information content (AvgIpc) is 3.02. The third-order valence-corrected chi connectivity index (χ3v) is 2.50. The number of esters is 1. The van der Waals surface area contributed by atoms with E-state index in [-0.39, 0.29) is 6.54 Å². The zero-order chi connectivity index (χ0) is 11.5. The summed E-state index contributed by atoms with van der Waals surface area (Å²) in [6.07, 6.45) is 2.23. The largest absolute Gasteiger partial charge is 0.461 e. The molecule has 5 nitrogen and oxygen atoms in total. The fraction of sp³-hybridized carbons (Fsp3) is 0.545. The maximum absolute atomic E-state index is 11.6. The van der Waals surface area contributed by atoms with Crippen LogP contribution in [0.2, 0.25) is 0 Å². The van der Waals surface area contributed by atoms with E-state index in [9.17, 15) is 4.79 Å². The molecular formula is C11H13N3O2. The SMILES string of the molecule is CCOC(=O)c1cc(C2CC2)nn1CC#N. The van der Waals surface area contributed by atoms with Crippen LogP contribution in [0.4, 0.5) is 0 Å². The van der Waals surface area contributed by atoms with Crippen LogP contribution in [0.1, 0.15) is 41.9 Å². The average molecular weight is 219 g/mol. The van der Waals surface area contributed by atoms with Gasteiger partial charge in [0, 0.05) is 5.92 Å².